The van der Waals surface area contributed by atoms with E-state index in [-0.39, 0.29) is 23.2 Å². The van der Waals surface area contributed by atoms with Gasteiger partial charge in [-0.25, -0.2) is 8.42 Å². The van der Waals surface area contributed by atoms with Gasteiger partial charge in [0, 0.05) is 18.6 Å². The van der Waals surface area contributed by atoms with Crippen molar-refractivity contribution in [1.29, 1.82) is 0 Å². The number of halogens is 2. The van der Waals surface area contributed by atoms with Gasteiger partial charge >= 0.3 is 0 Å². The number of rotatable bonds is 9. The summed E-state index contributed by atoms with van der Waals surface area (Å²) in [4.78, 5) is 27.3. The highest BCUT2D eigenvalue weighted by Gasteiger charge is 2.31. The minimum absolute atomic E-state index is 0.0964. The second-order valence-corrected chi connectivity index (χ2v) is 10.2. The second-order valence-electron chi connectivity index (χ2n) is 7.41. The molecule has 7 nitrogen and oxygen atoms in total. The van der Waals surface area contributed by atoms with Gasteiger partial charge in [-0.2, -0.15) is 0 Å². The molecule has 0 aliphatic heterocycles. The van der Waals surface area contributed by atoms with E-state index in [1.54, 1.807) is 6.92 Å². The van der Waals surface area contributed by atoms with Gasteiger partial charge in [0.25, 0.3) is 0 Å². The molecule has 32 heavy (non-hydrogen) atoms. The van der Waals surface area contributed by atoms with E-state index in [1.165, 1.54) is 30.1 Å². The van der Waals surface area contributed by atoms with E-state index < -0.39 is 28.5 Å². The van der Waals surface area contributed by atoms with Gasteiger partial charge in [-0.05, 0) is 37.1 Å². The number of nitrogens with zero attached hydrogens (tertiary/aromatic N) is 2. The molecule has 1 atom stereocenters. The number of likely N-dealkylation sites (N-methyl/N-ethyl adjacent to an activating group) is 1. The molecule has 0 heterocycles. The molecule has 0 bridgehead atoms. The summed E-state index contributed by atoms with van der Waals surface area (Å²) in [6.07, 6.45) is 1.35. The summed E-state index contributed by atoms with van der Waals surface area (Å²) in [7, 11) is -2.37. The fourth-order valence-electron chi connectivity index (χ4n) is 3.25. The Balaban J connectivity index is 2.45. The molecule has 174 valence electrons. The first-order chi connectivity index (χ1) is 15.0. The van der Waals surface area contributed by atoms with Crippen molar-refractivity contribution in [2.45, 2.75) is 32.9 Å². The van der Waals surface area contributed by atoms with Crippen molar-refractivity contribution in [3.63, 3.8) is 0 Å². The Morgan fingerprint density at radius 2 is 1.72 bits per heavy atom. The molecule has 2 aromatic rings. The molecule has 2 amide bonds. The lowest BCUT2D eigenvalue weighted by Gasteiger charge is -2.32. The molecule has 0 saturated heterocycles. The molecule has 0 fully saturated rings. The number of nitrogens with one attached hydrogen (secondary N) is 1. The van der Waals surface area contributed by atoms with E-state index in [2.05, 4.69) is 5.32 Å². The summed E-state index contributed by atoms with van der Waals surface area (Å²) < 4.78 is 26.0. The Kier molecular flexibility index (Phi) is 8.95. The molecule has 0 radical (unpaired) electrons. The van der Waals surface area contributed by atoms with Crippen LogP contribution in [0.25, 0.3) is 0 Å². The minimum atomic E-state index is -3.86. The van der Waals surface area contributed by atoms with Crippen molar-refractivity contribution >= 4 is 50.7 Å². The monoisotopic (exact) mass is 499 g/mol. The molecule has 0 unspecified atom stereocenters. The normalized spacial score (nSPS) is 12.2. The average molecular weight is 500 g/mol. The Hall–Kier alpha value is -2.29. The van der Waals surface area contributed by atoms with Crippen LogP contribution in [0.15, 0.2) is 42.5 Å². The highest BCUT2D eigenvalue weighted by atomic mass is 35.5. The zero-order valence-electron chi connectivity index (χ0n) is 18.4. The molecule has 1 N–H and O–H groups in total. The number of hydrogen-bond acceptors (Lipinski definition) is 4. The predicted octanol–water partition coefficient (Wildman–Crippen LogP) is 3.62. The summed E-state index contributed by atoms with van der Waals surface area (Å²) in [6.45, 7) is 3.38. The van der Waals surface area contributed by atoms with Gasteiger partial charge in [0.1, 0.15) is 12.6 Å². The van der Waals surface area contributed by atoms with Gasteiger partial charge < -0.3 is 10.2 Å². The third-order valence-corrected chi connectivity index (χ3v) is 6.63. The summed E-state index contributed by atoms with van der Waals surface area (Å²) >= 11 is 12.2. The molecule has 0 saturated carbocycles. The number of aryl methyl sites for hydroxylation is 1. The number of carbonyl (C=O) groups excluding carboxylic acids is 2. The van der Waals surface area contributed by atoms with Crippen LogP contribution in [-0.2, 0) is 26.2 Å². The fourth-order valence-corrected chi connectivity index (χ4v) is 4.68. The van der Waals surface area contributed by atoms with Crippen LogP contribution in [0, 0.1) is 6.92 Å². The van der Waals surface area contributed by atoms with Crippen molar-refractivity contribution in [2.24, 2.45) is 0 Å². The zero-order valence-corrected chi connectivity index (χ0v) is 20.8. The lowest BCUT2D eigenvalue weighted by Crippen LogP contribution is -2.51. The standard InChI is InChI=1S/C22H27Cl2N3O4S/c1-5-19(22(29)25-3)26(13-16-8-6-15(2)7-9-16)21(28)14-27(32(4,30)31)20-11-10-17(23)12-18(20)24/h6-12,19H,5,13-14H2,1-4H3,(H,25,29)/t19-/m0/s1. The van der Waals surface area contributed by atoms with Crippen molar-refractivity contribution in [2.75, 3.05) is 24.2 Å². The lowest BCUT2D eigenvalue weighted by molar-refractivity contribution is -0.140. The van der Waals surface area contributed by atoms with Gasteiger partial charge in [-0.3, -0.25) is 13.9 Å². The van der Waals surface area contributed by atoms with Crippen LogP contribution in [0.2, 0.25) is 10.0 Å². The van der Waals surface area contributed by atoms with E-state index in [0.717, 1.165) is 21.7 Å². The van der Waals surface area contributed by atoms with Crippen molar-refractivity contribution < 1.29 is 18.0 Å². The van der Waals surface area contributed by atoms with Crippen molar-refractivity contribution in [1.82, 2.24) is 10.2 Å². The number of benzene rings is 2. The molecule has 0 spiro atoms. The molecule has 2 rings (SSSR count). The maximum Gasteiger partial charge on any atom is 0.244 e. The van der Waals surface area contributed by atoms with Crippen LogP contribution in [0.3, 0.4) is 0 Å². The zero-order chi connectivity index (χ0) is 24.1. The smallest absolute Gasteiger partial charge is 0.244 e. The molecule has 10 heteroatoms. The van der Waals surface area contributed by atoms with E-state index in [0.29, 0.717) is 11.4 Å². The quantitative estimate of drug-likeness (QED) is 0.570. The Labute approximate surface area is 199 Å². The highest BCUT2D eigenvalue weighted by molar-refractivity contribution is 7.92. The van der Waals surface area contributed by atoms with Gasteiger partial charge in [0.2, 0.25) is 21.8 Å². The van der Waals surface area contributed by atoms with Gasteiger partial charge in [-0.15, -0.1) is 0 Å². The van der Waals surface area contributed by atoms with Crippen molar-refractivity contribution in [3.8, 4) is 0 Å². The summed E-state index contributed by atoms with van der Waals surface area (Å²) in [5.74, 6) is -0.860. The molecule has 0 aliphatic rings. The largest absolute Gasteiger partial charge is 0.357 e. The SMILES string of the molecule is CC[C@@H](C(=O)NC)N(Cc1ccc(C)cc1)C(=O)CN(c1ccc(Cl)cc1Cl)S(C)(=O)=O. The first-order valence-corrected chi connectivity index (χ1v) is 12.6. The first kappa shape index (κ1) is 26.0. The van der Waals surface area contributed by atoms with Crippen molar-refractivity contribution in [3.05, 3.63) is 63.6 Å². The van der Waals surface area contributed by atoms with Crippen LogP contribution in [-0.4, -0.2) is 51.0 Å². The molecular weight excluding hydrogens is 473 g/mol. The highest BCUT2D eigenvalue weighted by Crippen LogP contribution is 2.30. The fraction of sp³-hybridized carbons (Fsp3) is 0.364. The van der Waals surface area contributed by atoms with Crippen LogP contribution in [0.1, 0.15) is 24.5 Å². The summed E-state index contributed by atoms with van der Waals surface area (Å²) in [5.41, 5.74) is 2.02. The maximum atomic E-state index is 13.4. The molecule has 0 aromatic heterocycles. The third-order valence-electron chi connectivity index (χ3n) is 4.96. The average Bonchev–Trinajstić information content (AvgIpc) is 2.72. The Bertz CT molecular complexity index is 1080. The number of amides is 2. The number of hydrogen-bond donors (Lipinski definition) is 1. The van der Waals surface area contributed by atoms with Crippen LogP contribution in [0.4, 0.5) is 5.69 Å². The Morgan fingerprint density at radius 3 is 2.22 bits per heavy atom. The number of sulfonamides is 1. The summed E-state index contributed by atoms with van der Waals surface area (Å²) in [5, 5.41) is 3.01. The number of anilines is 1. The third kappa shape index (κ3) is 6.60. The predicted molar refractivity (Wildman–Crippen MR) is 129 cm³/mol. The van der Waals surface area contributed by atoms with Gasteiger partial charge in [-0.1, -0.05) is 60.0 Å². The van der Waals surface area contributed by atoms with E-state index in [1.807, 2.05) is 31.2 Å². The van der Waals surface area contributed by atoms with Gasteiger partial charge in [0.15, 0.2) is 0 Å². The molecule has 2 aromatic carbocycles. The van der Waals surface area contributed by atoms with Crippen LogP contribution in [0.5, 0.6) is 0 Å². The molecular formula is C22H27Cl2N3O4S. The maximum absolute atomic E-state index is 13.4. The van der Waals surface area contributed by atoms with Crippen LogP contribution >= 0.6 is 23.2 Å². The van der Waals surface area contributed by atoms with E-state index >= 15 is 0 Å². The Morgan fingerprint density at radius 1 is 1.09 bits per heavy atom. The van der Waals surface area contributed by atoms with E-state index in [4.69, 9.17) is 23.2 Å². The topological polar surface area (TPSA) is 86.8 Å². The summed E-state index contributed by atoms with van der Waals surface area (Å²) in [6, 6.07) is 11.1. The minimum Gasteiger partial charge on any atom is -0.357 e. The second kappa shape index (κ2) is 11.0. The number of carbonyl (C=O) groups is 2. The first-order valence-electron chi connectivity index (χ1n) is 9.97. The molecule has 0 aliphatic carbocycles. The lowest BCUT2D eigenvalue weighted by atomic mass is 10.1. The van der Waals surface area contributed by atoms with Crippen LogP contribution < -0.4 is 9.62 Å². The van der Waals surface area contributed by atoms with Gasteiger partial charge in [0.05, 0.1) is 17.0 Å². The van der Waals surface area contributed by atoms with E-state index in [9.17, 15) is 18.0 Å².